The number of amides is 4. The summed E-state index contributed by atoms with van der Waals surface area (Å²) in [7, 11) is -0.826. The van der Waals surface area contributed by atoms with Crippen LogP contribution in [0.1, 0.15) is 128 Å². The van der Waals surface area contributed by atoms with Crippen LogP contribution in [0.2, 0.25) is 16.6 Å². The van der Waals surface area contributed by atoms with E-state index in [2.05, 4.69) is 75.0 Å². The highest BCUT2D eigenvalue weighted by Crippen LogP contribution is 2.46. The molecule has 2 N–H and O–H groups in total. The van der Waals surface area contributed by atoms with Gasteiger partial charge in [0.2, 0.25) is 5.91 Å². The minimum atomic E-state index is -2.34. The molecule has 4 amide bonds. The molecule has 87 heavy (non-hydrogen) atoms. The maximum Gasteiger partial charge on any atom is 0.328 e. The molecule has 6 heterocycles. The number of nitrogens with zero attached hydrogens (tertiary/aromatic N) is 8. The number of urea groups is 1. The quantitative estimate of drug-likeness (QED) is 0.0509. The third-order valence-corrected chi connectivity index (χ3v) is 25.8. The van der Waals surface area contributed by atoms with Crippen LogP contribution in [0.15, 0.2) is 48.7 Å². The lowest BCUT2D eigenvalue weighted by molar-refractivity contribution is -0.136. The van der Waals surface area contributed by atoms with Crippen LogP contribution >= 0.6 is 0 Å². The van der Waals surface area contributed by atoms with Gasteiger partial charge < -0.3 is 38.9 Å². The van der Waals surface area contributed by atoms with E-state index in [1.807, 2.05) is 22.8 Å². The number of imide groups is 1. The summed E-state index contributed by atoms with van der Waals surface area (Å²) in [4.78, 5) is 76.9. The standard InChI is InChI=1S/C67H87F2N9O8Si/c1-42(2)87(43(3)4,44(5)6)31-18-51-54(68)15-14-48-33-50(86-41-84-10)35-52(58(48)51)60-59(69)61-53(36-70-60)62(77-23-11-19-66(9,83)40-77)73-64(72-61)85-39-45(7)37-74-27-29-75(30-28-74)38-47-16-20-67(56(79)32-47)21-25-76(26-22-67)63(81)49-13-12-46(8)55(34-49)78-24-17-57(80)71-65(78)82/h12-15,33-36,42-45,47,83H,11,16-17,19-30,32,37-41H2,1-10H3,(H,71,80,82)/t45-,47?,66-/m1/s1. The molecule has 0 bridgehead atoms. The zero-order valence-corrected chi connectivity index (χ0v) is 53.5. The van der Waals surface area contributed by atoms with Crippen molar-refractivity contribution in [3.05, 3.63) is 77.0 Å². The van der Waals surface area contributed by atoms with Gasteiger partial charge in [0.05, 0.1) is 23.2 Å². The van der Waals surface area contributed by atoms with Crippen LogP contribution in [0.4, 0.5) is 25.1 Å². The first-order valence-corrected chi connectivity index (χ1v) is 33.6. The first-order chi connectivity index (χ1) is 41.5. The Morgan fingerprint density at radius 1 is 0.874 bits per heavy atom. The van der Waals surface area contributed by atoms with Crippen molar-refractivity contribution in [2.45, 2.75) is 136 Å². The number of piperidine rings is 2. The molecule has 5 aromatic rings. The largest absolute Gasteiger partial charge is 0.468 e. The van der Waals surface area contributed by atoms with Gasteiger partial charge >= 0.3 is 12.0 Å². The van der Waals surface area contributed by atoms with Crippen molar-refractivity contribution in [2.75, 3.05) is 102 Å². The number of aryl methyl sites for hydroxylation is 1. The van der Waals surface area contributed by atoms with Crippen LogP contribution in [0.3, 0.4) is 0 Å². The zero-order chi connectivity index (χ0) is 62.1. The molecule has 10 rings (SSSR count). The molecule has 5 fully saturated rings. The summed E-state index contributed by atoms with van der Waals surface area (Å²) in [6.45, 7) is 26.4. The van der Waals surface area contributed by atoms with E-state index in [4.69, 9.17) is 29.2 Å². The van der Waals surface area contributed by atoms with E-state index >= 15 is 8.78 Å². The number of benzene rings is 3. The average molecular weight is 1210 g/mol. The van der Waals surface area contributed by atoms with E-state index in [1.165, 1.54) is 18.1 Å². The second kappa shape index (κ2) is 26.2. The molecule has 466 valence electrons. The van der Waals surface area contributed by atoms with Gasteiger partial charge in [-0.1, -0.05) is 66.5 Å². The SMILES string of the molecule is COCOc1cc(-c2ncc3c(N4CCC[C@@](C)(O)C4)nc(OC[C@H](C)CN4CCN(CC5CCC6(CCN(C(=O)c7ccc(C)c(N8CCC(=O)NC8=O)c7)CC6)C(=O)C5)CC4)nc3c2F)c2c(C#C[Si](C(C)C)(C(C)C)C(C)C)c(F)ccc2c1. The Bertz CT molecular complexity index is 3460. The van der Waals surface area contributed by atoms with Crippen molar-refractivity contribution >= 4 is 64.9 Å². The van der Waals surface area contributed by atoms with E-state index < -0.39 is 36.8 Å². The van der Waals surface area contributed by atoms with E-state index in [0.29, 0.717) is 113 Å². The van der Waals surface area contributed by atoms with Crippen LogP contribution in [-0.4, -0.2) is 165 Å². The third-order valence-electron chi connectivity index (χ3n) is 19.5. The Morgan fingerprint density at radius 3 is 2.28 bits per heavy atom. The molecule has 4 aliphatic heterocycles. The summed E-state index contributed by atoms with van der Waals surface area (Å²) in [5, 5.41) is 15.0. The molecule has 3 aromatic carbocycles. The van der Waals surface area contributed by atoms with Crippen LogP contribution in [0, 0.1) is 47.3 Å². The van der Waals surface area contributed by atoms with E-state index in [9.17, 15) is 24.3 Å². The molecule has 2 aromatic heterocycles. The van der Waals surface area contributed by atoms with Crippen LogP contribution in [0.25, 0.3) is 32.9 Å². The first-order valence-electron chi connectivity index (χ1n) is 31.4. The fraction of sp³-hybridized carbons (Fsp3) is 0.567. The van der Waals surface area contributed by atoms with Gasteiger partial charge in [-0.2, -0.15) is 9.97 Å². The molecule has 20 heteroatoms. The van der Waals surface area contributed by atoms with Crippen molar-refractivity contribution in [2.24, 2.45) is 17.3 Å². The number of piperazine rings is 1. The van der Waals surface area contributed by atoms with E-state index in [1.54, 1.807) is 43.5 Å². The Labute approximate surface area is 511 Å². The molecule has 1 aliphatic carbocycles. The lowest BCUT2D eigenvalue weighted by atomic mass is 9.64. The number of nitrogens with one attached hydrogen (secondary N) is 1. The van der Waals surface area contributed by atoms with E-state index in [-0.39, 0.29) is 84.9 Å². The number of likely N-dealkylation sites (tertiary alicyclic amines) is 1. The number of methoxy groups -OCH3 is 1. The fourth-order valence-corrected chi connectivity index (χ4v) is 19.9. The number of pyridine rings is 1. The van der Waals surface area contributed by atoms with Gasteiger partial charge in [-0.15, -0.1) is 5.54 Å². The number of aliphatic hydroxyl groups is 1. The van der Waals surface area contributed by atoms with Gasteiger partial charge in [-0.3, -0.25) is 29.6 Å². The Hall–Kier alpha value is -6.63. The number of hydrogen-bond acceptors (Lipinski definition) is 14. The predicted molar refractivity (Wildman–Crippen MR) is 337 cm³/mol. The number of carbonyl (C=O) groups is 4. The van der Waals surface area contributed by atoms with Gasteiger partial charge in [0.25, 0.3) is 5.91 Å². The van der Waals surface area contributed by atoms with Crippen molar-refractivity contribution in [3.63, 3.8) is 0 Å². The number of rotatable bonds is 17. The summed E-state index contributed by atoms with van der Waals surface area (Å²) < 4.78 is 52.0. The lowest BCUT2D eigenvalue weighted by Crippen LogP contribution is -2.51. The molecule has 1 saturated carbocycles. The highest BCUT2D eigenvalue weighted by atomic mass is 28.3. The van der Waals surface area contributed by atoms with Crippen LogP contribution in [-0.2, 0) is 14.3 Å². The van der Waals surface area contributed by atoms with Crippen molar-refractivity contribution in [3.8, 4) is 34.5 Å². The second-order valence-corrected chi connectivity index (χ2v) is 32.2. The monoisotopic (exact) mass is 1210 g/mol. The smallest absolute Gasteiger partial charge is 0.328 e. The summed E-state index contributed by atoms with van der Waals surface area (Å²) in [6, 6.07) is 11.3. The predicted octanol–water partition coefficient (Wildman–Crippen LogP) is 10.7. The molecular weight excluding hydrogens is 1120 g/mol. The maximum absolute atomic E-state index is 17.9. The highest BCUT2D eigenvalue weighted by molar-refractivity contribution is 6.90. The molecule has 0 radical (unpaired) electrons. The molecule has 3 atom stereocenters. The maximum atomic E-state index is 17.9. The van der Waals surface area contributed by atoms with Gasteiger partial charge in [-0.25, -0.2) is 13.6 Å². The topological polar surface area (TPSA) is 183 Å². The molecule has 1 unspecified atom stereocenters. The zero-order valence-electron chi connectivity index (χ0n) is 52.5. The van der Waals surface area contributed by atoms with Gasteiger partial charge in [0.1, 0.15) is 42.5 Å². The van der Waals surface area contributed by atoms with Crippen molar-refractivity contribution in [1.29, 1.82) is 0 Å². The summed E-state index contributed by atoms with van der Waals surface area (Å²) in [5.41, 5.74) is 5.47. The number of fused-ring (bicyclic) bond motifs is 2. The van der Waals surface area contributed by atoms with E-state index in [0.717, 1.165) is 57.7 Å². The average Bonchev–Trinajstić information content (AvgIpc) is 0.830. The minimum absolute atomic E-state index is 0.00170. The number of carbonyl (C=O) groups excluding carboxylic acids is 4. The third kappa shape index (κ3) is 13.4. The summed E-state index contributed by atoms with van der Waals surface area (Å²) in [6.07, 6.45) is 6.66. The Morgan fingerprint density at radius 2 is 1.60 bits per heavy atom. The lowest BCUT2D eigenvalue weighted by Gasteiger charge is -2.45. The Kier molecular flexibility index (Phi) is 19.1. The number of β-amino-alcohol motifs (C(OH)–C–C–N with tert-alkyl or cyclic N) is 1. The molecular formula is C67H87F2N9O8Si. The number of Topliss-reactive ketones (excluding diaryl/α,β-unsaturated/α-hetero) is 1. The molecule has 17 nitrogen and oxygen atoms in total. The highest BCUT2D eigenvalue weighted by Gasteiger charge is 2.46. The number of ether oxygens (including phenoxy) is 3. The molecule has 1 spiro atoms. The number of anilines is 2. The normalized spacial score (nSPS) is 21.1. The number of ketones is 1. The fourth-order valence-electron chi connectivity index (χ4n) is 14.7. The van der Waals surface area contributed by atoms with Crippen LogP contribution < -0.4 is 24.6 Å². The van der Waals surface area contributed by atoms with Gasteiger partial charge in [0.15, 0.2) is 12.6 Å². The van der Waals surface area contributed by atoms with Crippen molar-refractivity contribution < 1.29 is 47.3 Å². The Balaban J connectivity index is 0.798. The molecule has 5 aliphatic rings. The second-order valence-electron chi connectivity index (χ2n) is 26.6. The number of halogens is 2. The number of hydrogen-bond donors (Lipinski definition) is 2. The number of aromatic nitrogens is 3. The first kappa shape index (κ1) is 63.4. The molecule has 4 saturated heterocycles. The summed E-state index contributed by atoms with van der Waals surface area (Å²) in [5.74, 6) is 3.08. The van der Waals surface area contributed by atoms with Gasteiger partial charge in [-0.05, 0) is 116 Å². The minimum Gasteiger partial charge on any atom is -0.468 e. The van der Waals surface area contributed by atoms with Crippen molar-refractivity contribution in [1.82, 2.24) is 35.0 Å². The van der Waals surface area contributed by atoms with Gasteiger partial charge in [0, 0.05) is 132 Å². The van der Waals surface area contributed by atoms with Crippen LogP contribution in [0.5, 0.6) is 11.8 Å². The summed E-state index contributed by atoms with van der Waals surface area (Å²) >= 11 is 0.